The molecule has 2 unspecified atom stereocenters. The van der Waals surface area contributed by atoms with Crippen molar-refractivity contribution in [2.24, 2.45) is 5.73 Å². The van der Waals surface area contributed by atoms with E-state index in [9.17, 15) is 0 Å². The monoisotopic (exact) mass is 284 g/mol. The summed E-state index contributed by atoms with van der Waals surface area (Å²) in [5.41, 5.74) is 6.37. The van der Waals surface area contributed by atoms with Crippen LogP contribution in [0.15, 0.2) is 12.1 Å². The molecular weight excluding hydrogens is 256 g/mol. The van der Waals surface area contributed by atoms with Crippen molar-refractivity contribution in [3.8, 4) is 0 Å². The van der Waals surface area contributed by atoms with Gasteiger partial charge in [0.05, 0.1) is 6.04 Å². The number of hydrogen-bond donors (Lipinski definition) is 2. The third kappa shape index (κ3) is 4.56. The molecule has 0 aromatic carbocycles. The Bertz CT molecular complexity index is 365. The van der Waals surface area contributed by atoms with Gasteiger partial charge in [-0.25, -0.2) is 0 Å². The lowest BCUT2D eigenvalue weighted by atomic mass is 10.0. The summed E-state index contributed by atoms with van der Waals surface area (Å²) < 4.78 is 0. The van der Waals surface area contributed by atoms with Crippen LogP contribution in [0.3, 0.4) is 0 Å². The average Bonchev–Trinajstić information content (AvgIpc) is 2.79. The summed E-state index contributed by atoms with van der Waals surface area (Å²) in [6.45, 7) is 9.81. The van der Waals surface area contributed by atoms with E-state index in [1.54, 1.807) is 0 Å². The van der Waals surface area contributed by atoms with Crippen LogP contribution in [-0.2, 0) is 0 Å². The van der Waals surface area contributed by atoms with Gasteiger partial charge in [0.25, 0.3) is 0 Å². The number of thiophene rings is 1. The van der Waals surface area contributed by atoms with E-state index in [-0.39, 0.29) is 18.7 Å². The van der Waals surface area contributed by atoms with Gasteiger partial charge < -0.3 is 10.8 Å². The molecule has 0 amide bonds. The molecule has 1 aromatic heterocycles. The van der Waals surface area contributed by atoms with Crippen molar-refractivity contribution in [3.05, 3.63) is 21.9 Å². The van der Waals surface area contributed by atoms with Crippen LogP contribution in [0.1, 0.15) is 49.4 Å². The predicted octanol–water partition coefficient (Wildman–Crippen LogP) is 2.93. The van der Waals surface area contributed by atoms with Crippen molar-refractivity contribution in [3.63, 3.8) is 0 Å². The fourth-order valence-electron chi connectivity index (χ4n) is 2.43. The van der Waals surface area contributed by atoms with Crippen LogP contribution in [0.2, 0.25) is 0 Å². The van der Waals surface area contributed by atoms with Gasteiger partial charge in [-0.3, -0.25) is 4.90 Å². The Hall–Kier alpha value is -0.420. The third-order valence-corrected chi connectivity index (χ3v) is 4.60. The second kappa shape index (κ2) is 8.00. The molecule has 0 bridgehead atoms. The lowest BCUT2D eigenvalue weighted by Crippen LogP contribution is -2.44. The van der Waals surface area contributed by atoms with Crippen LogP contribution in [-0.4, -0.2) is 35.2 Å². The highest BCUT2D eigenvalue weighted by molar-refractivity contribution is 7.12. The number of nitrogens with zero attached hydrogens (tertiary/aromatic N) is 1. The topological polar surface area (TPSA) is 49.5 Å². The molecule has 0 fully saturated rings. The Balaban J connectivity index is 2.99. The Morgan fingerprint density at radius 1 is 1.37 bits per heavy atom. The van der Waals surface area contributed by atoms with Crippen LogP contribution in [0, 0.1) is 6.92 Å². The first-order chi connectivity index (χ1) is 9.01. The Labute approximate surface area is 121 Å². The number of aryl methyl sites for hydroxylation is 1. The van der Waals surface area contributed by atoms with Gasteiger partial charge in [0.1, 0.15) is 0 Å². The molecule has 0 saturated heterocycles. The summed E-state index contributed by atoms with van der Waals surface area (Å²) >= 11 is 1.83. The lowest BCUT2D eigenvalue weighted by molar-refractivity contribution is 0.120. The zero-order chi connectivity index (χ0) is 14.4. The van der Waals surface area contributed by atoms with Gasteiger partial charge in [-0.15, -0.1) is 11.3 Å². The molecule has 1 aromatic rings. The fraction of sp³-hybridized carbons (Fsp3) is 0.733. The maximum Gasteiger partial charge on any atom is 0.0595 e. The van der Waals surface area contributed by atoms with E-state index >= 15 is 0 Å². The van der Waals surface area contributed by atoms with Crippen LogP contribution in [0.25, 0.3) is 0 Å². The lowest BCUT2D eigenvalue weighted by Gasteiger charge is -2.37. The standard InChI is InChI=1S/C15H28N2OS/c1-5-13(16)15(14-8-7-12(4)19-14)17(11(2)3)9-6-10-18/h7-8,11,13,15,18H,5-6,9-10,16H2,1-4H3. The van der Waals surface area contributed by atoms with Gasteiger partial charge in [0.15, 0.2) is 0 Å². The van der Waals surface area contributed by atoms with Crippen LogP contribution >= 0.6 is 11.3 Å². The van der Waals surface area contributed by atoms with Crippen molar-refractivity contribution in [2.75, 3.05) is 13.2 Å². The van der Waals surface area contributed by atoms with E-state index in [1.807, 2.05) is 11.3 Å². The highest BCUT2D eigenvalue weighted by Gasteiger charge is 2.28. The van der Waals surface area contributed by atoms with E-state index in [0.29, 0.717) is 6.04 Å². The summed E-state index contributed by atoms with van der Waals surface area (Å²) in [5.74, 6) is 0. The molecule has 0 saturated carbocycles. The second-order valence-corrected chi connectivity index (χ2v) is 6.69. The van der Waals surface area contributed by atoms with Crippen molar-refractivity contribution in [2.45, 2.75) is 58.7 Å². The second-order valence-electron chi connectivity index (χ2n) is 5.37. The smallest absolute Gasteiger partial charge is 0.0595 e. The molecule has 110 valence electrons. The minimum atomic E-state index is 0.138. The van der Waals surface area contributed by atoms with Crippen molar-refractivity contribution < 1.29 is 5.11 Å². The minimum absolute atomic E-state index is 0.138. The van der Waals surface area contributed by atoms with E-state index in [1.165, 1.54) is 9.75 Å². The molecule has 1 rings (SSSR count). The van der Waals surface area contributed by atoms with Gasteiger partial charge in [0, 0.05) is 35.0 Å². The van der Waals surface area contributed by atoms with Crippen LogP contribution < -0.4 is 5.73 Å². The molecule has 4 heteroatoms. The summed E-state index contributed by atoms with van der Waals surface area (Å²) in [6.07, 6.45) is 1.76. The molecule has 0 aliphatic carbocycles. The average molecular weight is 284 g/mol. The number of hydrogen-bond acceptors (Lipinski definition) is 4. The van der Waals surface area contributed by atoms with Crippen LogP contribution in [0.4, 0.5) is 0 Å². The van der Waals surface area contributed by atoms with Gasteiger partial charge in [-0.2, -0.15) is 0 Å². The molecule has 0 aliphatic heterocycles. The molecule has 0 spiro atoms. The number of aliphatic hydroxyl groups is 1. The van der Waals surface area contributed by atoms with E-state index in [2.05, 4.69) is 44.7 Å². The Kier molecular flexibility index (Phi) is 7.00. The van der Waals surface area contributed by atoms with Gasteiger partial charge in [-0.1, -0.05) is 6.92 Å². The quantitative estimate of drug-likeness (QED) is 0.771. The van der Waals surface area contributed by atoms with E-state index < -0.39 is 0 Å². The summed E-state index contributed by atoms with van der Waals surface area (Å²) in [4.78, 5) is 5.10. The van der Waals surface area contributed by atoms with Gasteiger partial charge in [-0.05, 0) is 45.7 Å². The predicted molar refractivity (Wildman–Crippen MR) is 83.6 cm³/mol. The maximum absolute atomic E-state index is 9.09. The highest BCUT2D eigenvalue weighted by Crippen LogP contribution is 2.32. The first-order valence-corrected chi connectivity index (χ1v) is 8.01. The van der Waals surface area contributed by atoms with E-state index in [0.717, 1.165) is 19.4 Å². The highest BCUT2D eigenvalue weighted by atomic mass is 32.1. The van der Waals surface area contributed by atoms with Gasteiger partial charge >= 0.3 is 0 Å². The first kappa shape index (κ1) is 16.6. The molecule has 2 atom stereocenters. The molecule has 0 aliphatic rings. The Morgan fingerprint density at radius 2 is 2.05 bits per heavy atom. The normalized spacial score (nSPS) is 15.2. The summed E-state index contributed by atoms with van der Waals surface area (Å²) in [5, 5.41) is 9.09. The minimum Gasteiger partial charge on any atom is -0.396 e. The number of rotatable bonds is 8. The van der Waals surface area contributed by atoms with Crippen molar-refractivity contribution in [1.82, 2.24) is 4.90 Å². The van der Waals surface area contributed by atoms with Crippen molar-refractivity contribution in [1.29, 1.82) is 0 Å². The van der Waals surface area contributed by atoms with E-state index in [4.69, 9.17) is 10.8 Å². The number of nitrogens with two attached hydrogens (primary N) is 1. The molecule has 3 nitrogen and oxygen atoms in total. The maximum atomic E-state index is 9.09. The first-order valence-electron chi connectivity index (χ1n) is 7.19. The molecule has 19 heavy (non-hydrogen) atoms. The third-order valence-electron chi connectivity index (χ3n) is 3.52. The van der Waals surface area contributed by atoms with Gasteiger partial charge in [0.2, 0.25) is 0 Å². The Morgan fingerprint density at radius 3 is 2.47 bits per heavy atom. The summed E-state index contributed by atoms with van der Waals surface area (Å²) in [7, 11) is 0. The molecule has 3 N–H and O–H groups in total. The molecular formula is C15H28N2OS. The molecule has 1 heterocycles. The molecule has 0 radical (unpaired) electrons. The largest absolute Gasteiger partial charge is 0.396 e. The zero-order valence-corrected chi connectivity index (χ0v) is 13.4. The summed E-state index contributed by atoms with van der Waals surface area (Å²) in [6, 6.07) is 5.19. The zero-order valence-electron chi connectivity index (χ0n) is 12.6. The van der Waals surface area contributed by atoms with Crippen molar-refractivity contribution >= 4 is 11.3 Å². The fourth-order valence-corrected chi connectivity index (χ4v) is 3.50. The number of aliphatic hydroxyl groups excluding tert-OH is 1. The SMILES string of the molecule is CCC(N)C(c1ccc(C)s1)N(CCCO)C(C)C. The van der Waals surface area contributed by atoms with Crippen LogP contribution in [0.5, 0.6) is 0 Å².